The van der Waals surface area contributed by atoms with Gasteiger partial charge in [-0.2, -0.15) is 0 Å². The highest BCUT2D eigenvalue weighted by molar-refractivity contribution is 5.82. The summed E-state index contributed by atoms with van der Waals surface area (Å²) in [5.41, 5.74) is 6.79. The maximum Gasteiger partial charge on any atom is 0.308 e. The highest BCUT2D eigenvalue weighted by atomic mass is 16.4. The van der Waals surface area contributed by atoms with E-state index in [1.54, 1.807) is 17.0 Å². The van der Waals surface area contributed by atoms with E-state index >= 15 is 0 Å². The van der Waals surface area contributed by atoms with E-state index < -0.39 is 11.9 Å². The Morgan fingerprint density at radius 1 is 1.40 bits per heavy atom. The first-order valence-corrected chi connectivity index (χ1v) is 6.80. The minimum atomic E-state index is -0.791. The van der Waals surface area contributed by atoms with Crippen LogP contribution in [0.2, 0.25) is 0 Å². The second-order valence-electron chi connectivity index (χ2n) is 5.54. The number of anilines is 1. The molecule has 2 saturated heterocycles. The standard InChI is InChI=1S/C14H17N3O3/c15-8-1-2-9(16-7-8)5-13(18)17-10-3-4-12(17)11(6-10)14(19)20/h1-2,7,10-12H,3-6,15H2,(H,19,20). The number of nitrogen functional groups attached to an aromatic ring is 1. The number of nitrogens with two attached hydrogens (primary N) is 1. The number of aliphatic carboxylic acids is 1. The van der Waals surface area contributed by atoms with E-state index in [1.807, 2.05) is 0 Å². The number of nitrogens with zero attached hydrogens (tertiary/aromatic N) is 2. The van der Waals surface area contributed by atoms with Crippen molar-refractivity contribution >= 4 is 17.6 Å². The van der Waals surface area contributed by atoms with Gasteiger partial charge in [-0.05, 0) is 31.4 Å². The van der Waals surface area contributed by atoms with E-state index in [-0.39, 0.29) is 24.4 Å². The van der Waals surface area contributed by atoms with Gasteiger partial charge in [-0.15, -0.1) is 0 Å². The molecule has 0 spiro atoms. The number of carbonyl (C=O) groups is 2. The summed E-state index contributed by atoms with van der Waals surface area (Å²) in [6, 6.07) is 3.40. The normalized spacial score (nSPS) is 27.8. The first kappa shape index (κ1) is 12.9. The number of pyridine rings is 1. The zero-order chi connectivity index (χ0) is 14.3. The van der Waals surface area contributed by atoms with E-state index in [4.69, 9.17) is 5.73 Å². The molecule has 3 rings (SSSR count). The number of aromatic nitrogens is 1. The van der Waals surface area contributed by atoms with Gasteiger partial charge < -0.3 is 15.7 Å². The Morgan fingerprint density at radius 3 is 2.80 bits per heavy atom. The number of fused-ring (bicyclic) bond motifs is 2. The summed E-state index contributed by atoms with van der Waals surface area (Å²) < 4.78 is 0. The van der Waals surface area contributed by atoms with Gasteiger partial charge in [-0.1, -0.05) is 0 Å². The maximum absolute atomic E-state index is 12.4. The van der Waals surface area contributed by atoms with Crippen LogP contribution in [0.15, 0.2) is 18.3 Å². The maximum atomic E-state index is 12.4. The third-order valence-corrected chi connectivity index (χ3v) is 4.32. The minimum Gasteiger partial charge on any atom is -0.481 e. The van der Waals surface area contributed by atoms with Crippen molar-refractivity contribution in [3.63, 3.8) is 0 Å². The minimum absolute atomic E-state index is 0.0291. The third kappa shape index (κ3) is 2.11. The number of carboxylic acid groups (broad SMARTS) is 1. The van der Waals surface area contributed by atoms with Crippen LogP contribution in [0.1, 0.15) is 25.0 Å². The molecule has 0 aromatic carbocycles. The van der Waals surface area contributed by atoms with Crippen LogP contribution in [0.3, 0.4) is 0 Å². The fourth-order valence-electron chi connectivity index (χ4n) is 3.43. The summed E-state index contributed by atoms with van der Waals surface area (Å²) in [5.74, 6) is -1.23. The second-order valence-corrected chi connectivity index (χ2v) is 5.54. The molecule has 6 nitrogen and oxygen atoms in total. The van der Waals surface area contributed by atoms with Gasteiger partial charge in [-0.25, -0.2) is 0 Å². The van der Waals surface area contributed by atoms with Crippen LogP contribution in [0, 0.1) is 5.92 Å². The largest absolute Gasteiger partial charge is 0.481 e. The van der Waals surface area contributed by atoms with Gasteiger partial charge in [0.25, 0.3) is 0 Å². The van der Waals surface area contributed by atoms with Crippen LogP contribution in [-0.4, -0.2) is 39.0 Å². The van der Waals surface area contributed by atoms with Gasteiger partial charge in [0, 0.05) is 17.8 Å². The number of rotatable bonds is 3. The number of carboxylic acids is 1. The smallest absolute Gasteiger partial charge is 0.308 e. The van der Waals surface area contributed by atoms with Crippen molar-refractivity contribution in [2.45, 2.75) is 37.8 Å². The van der Waals surface area contributed by atoms with Crippen LogP contribution >= 0.6 is 0 Å². The highest BCUT2D eigenvalue weighted by Gasteiger charge is 2.51. The fourth-order valence-corrected chi connectivity index (χ4v) is 3.43. The Bertz CT molecular complexity index is 543. The molecule has 1 aromatic heterocycles. The van der Waals surface area contributed by atoms with Crippen molar-refractivity contribution < 1.29 is 14.7 Å². The average molecular weight is 275 g/mol. The number of carbonyl (C=O) groups excluding carboxylic acids is 1. The molecule has 0 saturated carbocycles. The third-order valence-electron chi connectivity index (χ3n) is 4.32. The molecule has 0 aliphatic carbocycles. The van der Waals surface area contributed by atoms with Gasteiger partial charge in [-0.3, -0.25) is 14.6 Å². The van der Waals surface area contributed by atoms with E-state index in [0.29, 0.717) is 17.8 Å². The first-order chi connectivity index (χ1) is 9.56. The van der Waals surface area contributed by atoms with Crippen molar-refractivity contribution in [2.24, 2.45) is 5.92 Å². The molecule has 0 radical (unpaired) electrons. The van der Waals surface area contributed by atoms with Gasteiger partial charge in [0.15, 0.2) is 0 Å². The molecule has 3 unspecified atom stereocenters. The Hall–Kier alpha value is -2.11. The Kier molecular flexibility index (Phi) is 3.08. The molecule has 6 heteroatoms. The molecule has 2 aliphatic heterocycles. The van der Waals surface area contributed by atoms with Crippen LogP contribution in [0.5, 0.6) is 0 Å². The monoisotopic (exact) mass is 275 g/mol. The molecule has 2 fully saturated rings. The predicted molar refractivity (Wildman–Crippen MR) is 71.8 cm³/mol. The highest BCUT2D eigenvalue weighted by Crippen LogP contribution is 2.42. The van der Waals surface area contributed by atoms with Crippen molar-refractivity contribution in [1.82, 2.24) is 9.88 Å². The number of amides is 1. The Morgan fingerprint density at radius 2 is 2.20 bits per heavy atom. The number of hydrogen-bond donors (Lipinski definition) is 2. The Labute approximate surface area is 116 Å². The molecule has 1 aromatic rings. The molecule has 1 amide bonds. The van der Waals surface area contributed by atoms with Crippen molar-refractivity contribution in [2.75, 3.05) is 5.73 Å². The zero-order valence-electron chi connectivity index (χ0n) is 11.0. The van der Waals surface area contributed by atoms with Crippen molar-refractivity contribution in [3.05, 3.63) is 24.0 Å². The molecule has 2 aliphatic rings. The lowest BCUT2D eigenvalue weighted by molar-refractivity contribution is -0.143. The SMILES string of the molecule is Nc1ccc(CC(=O)N2C3CCC2C(C(=O)O)C3)nc1. The quantitative estimate of drug-likeness (QED) is 0.845. The average Bonchev–Trinajstić information content (AvgIpc) is 2.99. The summed E-state index contributed by atoms with van der Waals surface area (Å²) in [5, 5.41) is 9.19. The molecular weight excluding hydrogens is 258 g/mol. The van der Waals surface area contributed by atoms with Gasteiger partial charge in [0.2, 0.25) is 5.91 Å². The summed E-state index contributed by atoms with van der Waals surface area (Å²) in [6.07, 6.45) is 4.03. The van der Waals surface area contributed by atoms with E-state index in [0.717, 1.165) is 12.8 Å². The molecule has 20 heavy (non-hydrogen) atoms. The second kappa shape index (κ2) is 4.77. The van der Waals surface area contributed by atoms with Gasteiger partial charge >= 0.3 is 5.97 Å². The molecular formula is C14H17N3O3. The van der Waals surface area contributed by atoms with E-state index in [2.05, 4.69) is 4.98 Å². The lowest BCUT2D eigenvalue weighted by atomic mass is 9.89. The zero-order valence-corrected chi connectivity index (χ0v) is 11.0. The Balaban J connectivity index is 1.72. The van der Waals surface area contributed by atoms with Gasteiger partial charge in [0.1, 0.15) is 0 Å². The molecule has 2 bridgehead atoms. The topological polar surface area (TPSA) is 96.5 Å². The molecule has 3 N–H and O–H groups in total. The fraction of sp³-hybridized carbons (Fsp3) is 0.500. The van der Waals surface area contributed by atoms with E-state index in [9.17, 15) is 14.7 Å². The summed E-state index contributed by atoms with van der Waals surface area (Å²) >= 11 is 0. The summed E-state index contributed by atoms with van der Waals surface area (Å²) in [6.45, 7) is 0. The molecule has 106 valence electrons. The lowest BCUT2D eigenvalue weighted by Crippen LogP contribution is -2.38. The molecule has 3 atom stereocenters. The summed E-state index contributed by atoms with van der Waals surface area (Å²) in [4.78, 5) is 29.5. The lowest BCUT2D eigenvalue weighted by Gasteiger charge is -2.23. The van der Waals surface area contributed by atoms with Crippen molar-refractivity contribution in [1.29, 1.82) is 0 Å². The molecule has 3 heterocycles. The van der Waals surface area contributed by atoms with Gasteiger partial charge in [0.05, 0.1) is 24.2 Å². The first-order valence-electron chi connectivity index (χ1n) is 6.80. The number of hydrogen-bond acceptors (Lipinski definition) is 4. The predicted octanol–water partition coefficient (Wildman–Crippen LogP) is 0.670. The van der Waals surface area contributed by atoms with Crippen LogP contribution in [0.4, 0.5) is 5.69 Å². The summed E-state index contributed by atoms with van der Waals surface area (Å²) in [7, 11) is 0. The van der Waals surface area contributed by atoms with E-state index in [1.165, 1.54) is 6.20 Å². The van der Waals surface area contributed by atoms with Crippen LogP contribution < -0.4 is 5.73 Å². The van der Waals surface area contributed by atoms with Crippen LogP contribution in [0.25, 0.3) is 0 Å². The van der Waals surface area contributed by atoms with Crippen molar-refractivity contribution in [3.8, 4) is 0 Å². The van der Waals surface area contributed by atoms with Crippen LogP contribution in [-0.2, 0) is 16.0 Å².